The average molecular weight is 865 g/mol. The topological polar surface area (TPSA) is 8.17 Å². The van der Waals surface area contributed by atoms with Crippen LogP contribution in [-0.2, 0) is 0 Å². The molecule has 0 aliphatic rings. The van der Waals surface area contributed by atoms with Crippen molar-refractivity contribution >= 4 is 71.2 Å². The normalized spacial score (nSPS) is 11.5. The third-order valence-electron chi connectivity index (χ3n) is 13.8. The maximum absolute atomic E-state index is 2.50. The third-order valence-corrected chi connectivity index (χ3v) is 13.8. The summed E-state index contributed by atoms with van der Waals surface area (Å²) in [6.45, 7) is 0. The van der Waals surface area contributed by atoms with Gasteiger partial charge in [-0.25, -0.2) is 0 Å². The fourth-order valence-electron chi connectivity index (χ4n) is 10.7. The van der Waals surface area contributed by atoms with Crippen LogP contribution in [0.2, 0.25) is 0 Å². The molecule has 13 aromatic rings. The summed E-state index contributed by atoms with van der Waals surface area (Å²) < 4.78 is 2.50. The maximum Gasteiger partial charge on any atom is 0.0619 e. The molecule has 68 heavy (non-hydrogen) atoms. The lowest BCUT2D eigenvalue weighted by Gasteiger charge is -2.27. The van der Waals surface area contributed by atoms with Crippen LogP contribution in [0.1, 0.15) is 0 Å². The van der Waals surface area contributed by atoms with Gasteiger partial charge in [0.2, 0.25) is 0 Å². The van der Waals surface area contributed by atoms with E-state index in [9.17, 15) is 0 Å². The Morgan fingerprint density at radius 1 is 0.265 bits per heavy atom. The molecule has 0 spiro atoms. The number of para-hydroxylation sites is 1. The number of hydrogen-bond donors (Lipinski definition) is 0. The Morgan fingerprint density at radius 2 is 0.750 bits per heavy atom. The molecule has 0 aliphatic heterocycles. The lowest BCUT2D eigenvalue weighted by Crippen LogP contribution is -2.10. The van der Waals surface area contributed by atoms with E-state index in [0.717, 1.165) is 28.3 Å². The minimum atomic E-state index is 1.07. The third kappa shape index (κ3) is 6.65. The van der Waals surface area contributed by atoms with Gasteiger partial charge in [-0.3, -0.25) is 0 Å². The monoisotopic (exact) mass is 864 g/mol. The minimum absolute atomic E-state index is 1.07. The number of benzene rings is 12. The summed E-state index contributed by atoms with van der Waals surface area (Å²) in [6, 6.07) is 97.6. The largest absolute Gasteiger partial charge is 0.310 e. The lowest BCUT2D eigenvalue weighted by molar-refractivity contribution is 1.19. The molecule has 2 heteroatoms. The van der Waals surface area contributed by atoms with Crippen LogP contribution in [-0.4, -0.2) is 4.57 Å². The second-order valence-corrected chi connectivity index (χ2v) is 17.6. The van der Waals surface area contributed by atoms with Gasteiger partial charge >= 0.3 is 0 Å². The predicted molar refractivity (Wildman–Crippen MR) is 290 cm³/mol. The van der Waals surface area contributed by atoms with Crippen LogP contribution in [0.5, 0.6) is 0 Å². The molecule has 0 radical (unpaired) electrons. The van der Waals surface area contributed by atoms with Crippen molar-refractivity contribution in [3.8, 4) is 50.2 Å². The Kier molecular flexibility index (Phi) is 9.54. The number of fused-ring (bicyclic) bond motifs is 7. The Labute approximate surface area is 395 Å². The predicted octanol–water partition coefficient (Wildman–Crippen LogP) is 18.4. The molecular weight excluding hydrogens is 821 g/mol. The highest BCUT2D eigenvalue weighted by Gasteiger charge is 2.21. The molecule has 0 saturated carbocycles. The second-order valence-electron chi connectivity index (χ2n) is 17.6. The van der Waals surface area contributed by atoms with Crippen LogP contribution in [0, 0.1) is 0 Å². The molecule has 0 bridgehead atoms. The number of nitrogens with zero attached hydrogens (tertiary/aromatic N) is 2. The van der Waals surface area contributed by atoms with E-state index in [-0.39, 0.29) is 0 Å². The average Bonchev–Trinajstić information content (AvgIpc) is 3.76. The Morgan fingerprint density at radius 3 is 1.40 bits per heavy atom. The van der Waals surface area contributed by atoms with Gasteiger partial charge in [0.15, 0.2) is 0 Å². The maximum atomic E-state index is 2.50. The summed E-state index contributed by atoms with van der Waals surface area (Å²) in [5, 5.41) is 9.92. The van der Waals surface area contributed by atoms with E-state index in [1.165, 1.54) is 93.1 Å². The lowest BCUT2D eigenvalue weighted by atomic mass is 9.92. The number of hydrogen-bond acceptors (Lipinski definition) is 1. The van der Waals surface area contributed by atoms with E-state index in [2.05, 4.69) is 276 Å². The molecule has 0 saturated heterocycles. The molecule has 0 fully saturated rings. The van der Waals surface area contributed by atoms with Crippen LogP contribution in [0.15, 0.2) is 267 Å². The highest BCUT2D eigenvalue weighted by Crippen LogP contribution is 2.45. The summed E-state index contributed by atoms with van der Waals surface area (Å²) >= 11 is 0. The van der Waals surface area contributed by atoms with Crippen molar-refractivity contribution in [1.82, 2.24) is 4.57 Å². The zero-order valence-electron chi connectivity index (χ0n) is 37.3. The van der Waals surface area contributed by atoms with E-state index in [1.807, 2.05) is 0 Å². The molecule has 2 nitrogen and oxygen atoms in total. The van der Waals surface area contributed by atoms with Gasteiger partial charge in [0, 0.05) is 38.8 Å². The van der Waals surface area contributed by atoms with E-state index in [1.54, 1.807) is 0 Å². The first kappa shape index (κ1) is 39.4. The standard InChI is InChI=1S/C66H44N2/c1-2-20-49(21-3-1)65-59(34-16-36-64(65)68-63-35-11-10-31-61(63)62-42-39-47-19-6-9-30-60(47)66(62)68)48-37-40-52(41-38-48)67(53-26-12-24-50(43-53)57-32-14-22-45-17-4-7-28-55(45)57)54-27-13-25-51(44-54)58-33-15-23-46-18-5-8-29-56(46)58/h1-44H. The van der Waals surface area contributed by atoms with Crippen molar-refractivity contribution in [3.63, 3.8) is 0 Å². The van der Waals surface area contributed by atoms with Gasteiger partial charge < -0.3 is 9.47 Å². The smallest absolute Gasteiger partial charge is 0.0619 e. The molecule has 12 aromatic carbocycles. The highest BCUT2D eigenvalue weighted by atomic mass is 15.1. The Balaban J connectivity index is 0.994. The van der Waals surface area contributed by atoms with Crippen molar-refractivity contribution in [3.05, 3.63) is 267 Å². The van der Waals surface area contributed by atoms with Gasteiger partial charge in [-0.2, -0.15) is 0 Å². The number of anilines is 3. The van der Waals surface area contributed by atoms with Gasteiger partial charge in [0.05, 0.1) is 16.7 Å². The van der Waals surface area contributed by atoms with E-state index >= 15 is 0 Å². The summed E-state index contributed by atoms with van der Waals surface area (Å²) in [5.74, 6) is 0. The number of aromatic nitrogens is 1. The summed E-state index contributed by atoms with van der Waals surface area (Å²) in [7, 11) is 0. The number of rotatable bonds is 8. The van der Waals surface area contributed by atoms with Crippen LogP contribution in [0.25, 0.3) is 104 Å². The van der Waals surface area contributed by atoms with Gasteiger partial charge in [0.1, 0.15) is 0 Å². The van der Waals surface area contributed by atoms with E-state index < -0.39 is 0 Å². The van der Waals surface area contributed by atoms with Gasteiger partial charge in [0.25, 0.3) is 0 Å². The van der Waals surface area contributed by atoms with Crippen LogP contribution >= 0.6 is 0 Å². The van der Waals surface area contributed by atoms with Crippen molar-refractivity contribution in [1.29, 1.82) is 0 Å². The molecule has 0 atom stereocenters. The Hall–Kier alpha value is -8.98. The van der Waals surface area contributed by atoms with Crippen molar-refractivity contribution in [2.45, 2.75) is 0 Å². The fourth-order valence-corrected chi connectivity index (χ4v) is 10.7. The van der Waals surface area contributed by atoms with Gasteiger partial charge in [-0.15, -0.1) is 0 Å². The van der Waals surface area contributed by atoms with Crippen molar-refractivity contribution < 1.29 is 0 Å². The molecule has 1 aromatic heterocycles. The Bertz CT molecular complexity index is 3900. The molecule has 1 heterocycles. The molecule has 0 amide bonds. The molecule has 0 aliphatic carbocycles. The second kappa shape index (κ2) is 16.5. The zero-order chi connectivity index (χ0) is 45.0. The first-order chi connectivity index (χ1) is 33.7. The molecule has 0 unspecified atom stereocenters. The van der Waals surface area contributed by atoms with Crippen LogP contribution < -0.4 is 4.90 Å². The molecule has 13 rings (SSSR count). The molecular formula is C66H44N2. The summed E-state index contributed by atoms with van der Waals surface area (Å²) in [4.78, 5) is 2.41. The van der Waals surface area contributed by atoms with Gasteiger partial charge in [-0.05, 0) is 114 Å². The molecule has 318 valence electrons. The highest BCUT2D eigenvalue weighted by molar-refractivity contribution is 6.19. The zero-order valence-corrected chi connectivity index (χ0v) is 37.3. The van der Waals surface area contributed by atoms with Crippen molar-refractivity contribution in [2.75, 3.05) is 4.90 Å². The minimum Gasteiger partial charge on any atom is -0.310 e. The molecule has 0 N–H and O–H groups in total. The van der Waals surface area contributed by atoms with E-state index in [0.29, 0.717) is 0 Å². The first-order valence-corrected chi connectivity index (χ1v) is 23.4. The summed E-state index contributed by atoms with van der Waals surface area (Å²) in [5.41, 5.74) is 16.3. The van der Waals surface area contributed by atoms with Crippen LogP contribution in [0.3, 0.4) is 0 Å². The fraction of sp³-hybridized carbons (Fsp3) is 0. The SMILES string of the molecule is c1ccc(-c2c(-c3ccc(N(c4cccc(-c5cccc6ccccc56)c4)c4cccc(-c5cccc6ccccc56)c4)cc3)cccc2-n2c3ccccc3c3ccc4ccccc4c32)cc1. The van der Waals surface area contributed by atoms with Crippen molar-refractivity contribution in [2.24, 2.45) is 0 Å². The quantitative estimate of drug-likeness (QED) is 0.148. The van der Waals surface area contributed by atoms with E-state index in [4.69, 9.17) is 0 Å². The van der Waals surface area contributed by atoms with Gasteiger partial charge in [-0.1, -0.05) is 218 Å². The first-order valence-electron chi connectivity index (χ1n) is 23.4. The van der Waals surface area contributed by atoms with Crippen LogP contribution in [0.4, 0.5) is 17.1 Å². The summed E-state index contributed by atoms with van der Waals surface area (Å²) in [6.07, 6.45) is 0.